The Hall–Kier alpha value is -1.59. The number of likely N-dealkylation sites (tertiary alicyclic amines) is 1. The first-order valence-corrected chi connectivity index (χ1v) is 9.53. The van der Waals surface area contributed by atoms with Gasteiger partial charge >= 0.3 is 0 Å². The molecule has 0 aliphatic carbocycles. The van der Waals surface area contributed by atoms with Crippen LogP contribution in [0, 0.1) is 5.92 Å². The van der Waals surface area contributed by atoms with Gasteiger partial charge in [0, 0.05) is 51.0 Å². The molecule has 25 heavy (non-hydrogen) atoms. The summed E-state index contributed by atoms with van der Waals surface area (Å²) in [6.07, 6.45) is 3.30. The third-order valence-corrected chi connectivity index (χ3v) is 4.98. The zero-order chi connectivity index (χ0) is 18.1. The summed E-state index contributed by atoms with van der Waals surface area (Å²) in [6, 6.07) is 8.04. The van der Waals surface area contributed by atoms with Crippen LogP contribution in [0.5, 0.6) is 0 Å². The first-order chi connectivity index (χ1) is 12.1. The Morgan fingerprint density at radius 2 is 2.20 bits per heavy atom. The van der Waals surface area contributed by atoms with Crippen LogP contribution in [0.2, 0.25) is 0 Å². The highest BCUT2D eigenvalue weighted by Crippen LogP contribution is 2.18. The van der Waals surface area contributed by atoms with Gasteiger partial charge in [0.25, 0.3) is 0 Å². The van der Waals surface area contributed by atoms with E-state index in [1.165, 1.54) is 0 Å². The number of piperidine rings is 1. The fourth-order valence-corrected chi connectivity index (χ4v) is 3.47. The van der Waals surface area contributed by atoms with Crippen molar-refractivity contribution in [3.63, 3.8) is 0 Å². The molecule has 0 bridgehead atoms. The van der Waals surface area contributed by atoms with Crippen molar-refractivity contribution >= 4 is 11.6 Å². The zero-order valence-corrected chi connectivity index (χ0v) is 15.7. The second kappa shape index (κ2) is 10.4. The third-order valence-electron chi connectivity index (χ3n) is 4.98. The van der Waals surface area contributed by atoms with E-state index in [1.807, 2.05) is 31.2 Å². The summed E-state index contributed by atoms with van der Waals surface area (Å²) in [6.45, 7) is 9.06. The SMILES string of the molecule is CCOCCCN1CCC(NC(=O)CCc2ccccc2N)C(C)C1. The Bertz CT molecular complexity index is 535. The number of nitrogen functional groups attached to an aromatic ring is 1. The summed E-state index contributed by atoms with van der Waals surface area (Å²) >= 11 is 0. The van der Waals surface area contributed by atoms with E-state index in [0.29, 0.717) is 18.8 Å². The Morgan fingerprint density at radius 3 is 2.92 bits per heavy atom. The smallest absolute Gasteiger partial charge is 0.220 e. The van der Waals surface area contributed by atoms with Gasteiger partial charge in [-0.3, -0.25) is 4.79 Å². The minimum absolute atomic E-state index is 0.130. The van der Waals surface area contributed by atoms with Crippen LogP contribution in [-0.2, 0) is 16.0 Å². The maximum atomic E-state index is 12.3. The maximum Gasteiger partial charge on any atom is 0.220 e. The van der Waals surface area contributed by atoms with Crippen LogP contribution in [0.1, 0.15) is 38.7 Å². The molecule has 2 unspecified atom stereocenters. The Balaban J connectivity index is 1.68. The highest BCUT2D eigenvalue weighted by Gasteiger charge is 2.26. The predicted octanol–water partition coefficient (Wildman–Crippen LogP) is 2.45. The minimum Gasteiger partial charge on any atom is -0.399 e. The van der Waals surface area contributed by atoms with Crippen molar-refractivity contribution in [3.8, 4) is 0 Å². The fraction of sp³-hybridized carbons (Fsp3) is 0.650. The standard InChI is InChI=1S/C20H33N3O2/c1-3-25-14-6-12-23-13-11-19(16(2)15-23)22-20(24)10-9-17-7-4-5-8-18(17)21/h4-5,7-8,16,19H,3,6,9-15,21H2,1-2H3,(H,22,24). The molecular formula is C20H33N3O2. The van der Waals surface area contributed by atoms with E-state index < -0.39 is 0 Å². The number of nitrogens with one attached hydrogen (secondary N) is 1. The lowest BCUT2D eigenvalue weighted by Crippen LogP contribution is -2.50. The van der Waals surface area contributed by atoms with Crippen molar-refractivity contribution in [1.82, 2.24) is 10.2 Å². The molecule has 1 heterocycles. The van der Waals surface area contributed by atoms with Crippen molar-refractivity contribution in [3.05, 3.63) is 29.8 Å². The number of ether oxygens (including phenoxy) is 1. The van der Waals surface area contributed by atoms with Gasteiger partial charge < -0.3 is 20.7 Å². The van der Waals surface area contributed by atoms with E-state index >= 15 is 0 Å². The summed E-state index contributed by atoms with van der Waals surface area (Å²) in [4.78, 5) is 14.8. The van der Waals surface area contributed by atoms with Gasteiger partial charge in [-0.1, -0.05) is 25.1 Å². The largest absolute Gasteiger partial charge is 0.399 e. The van der Waals surface area contributed by atoms with Crippen LogP contribution in [0.25, 0.3) is 0 Å². The molecule has 1 saturated heterocycles. The van der Waals surface area contributed by atoms with Gasteiger partial charge in [0.15, 0.2) is 0 Å². The van der Waals surface area contributed by atoms with Crippen LogP contribution in [-0.4, -0.2) is 49.7 Å². The Labute approximate surface area is 151 Å². The topological polar surface area (TPSA) is 67.6 Å². The van der Waals surface area contributed by atoms with E-state index in [1.54, 1.807) is 0 Å². The van der Waals surface area contributed by atoms with Crippen LogP contribution >= 0.6 is 0 Å². The Morgan fingerprint density at radius 1 is 1.40 bits per heavy atom. The van der Waals surface area contributed by atoms with Crippen LogP contribution in [0.4, 0.5) is 5.69 Å². The number of hydrogen-bond acceptors (Lipinski definition) is 4. The highest BCUT2D eigenvalue weighted by atomic mass is 16.5. The molecule has 0 saturated carbocycles. The van der Waals surface area contributed by atoms with E-state index in [0.717, 1.165) is 56.9 Å². The number of nitrogens with two attached hydrogens (primary N) is 1. The van der Waals surface area contributed by atoms with Gasteiger partial charge in [0.05, 0.1) is 0 Å². The summed E-state index contributed by atoms with van der Waals surface area (Å²) in [5.41, 5.74) is 7.76. The zero-order valence-electron chi connectivity index (χ0n) is 15.7. The van der Waals surface area contributed by atoms with Gasteiger partial charge in [0.2, 0.25) is 5.91 Å². The number of amides is 1. The monoisotopic (exact) mass is 347 g/mol. The normalized spacial score (nSPS) is 21.2. The number of carbonyl (C=O) groups is 1. The molecule has 140 valence electrons. The average Bonchev–Trinajstić information content (AvgIpc) is 2.60. The van der Waals surface area contributed by atoms with Gasteiger partial charge in [-0.15, -0.1) is 0 Å². The molecule has 1 fully saturated rings. The average molecular weight is 348 g/mol. The molecule has 2 atom stereocenters. The first-order valence-electron chi connectivity index (χ1n) is 9.53. The quantitative estimate of drug-likeness (QED) is 0.532. The molecule has 5 nitrogen and oxygen atoms in total. The number of rotatable bonds is 9. The molecule has 0 aromatic heterocycles. The minimum atomic E-state index is 0.130. The molecule has 2 rings (SSSR count). The Kier molecular flexibility index (Phi) is 8.22. The number of nitrogens with zero attached hydrogens (tertiary/aromatic N) is 1. The van der Waals surface area contributed by atoms with E-state index in [2.05, 4.69) is 17.1 Å². The number of benzene rings is 1. The summed E-state index contributed by atoms with van der Waals surface area (Å²) in [7, 11) is 0. The summed E-state index contributed by atoms with van der Waals surface area (Å²) < 4.78 is 5.40. The highest BCUT2D eigenvalue weighted by molar-refractivity contribution is 5.76. The van der Waals surface area contributed by atoms with Crippen molar-refractivity contribution in [2.24, 2.45) is 5.92 Å². The van der Waals surface area contributed by atoms with E-state index in [9.17, 15) is 4.79 Å². The lowest BCUT2D eigenvalue weighted by molar-refractivity contribution is -0.122. The van der Waals surface area contributed by atoms with Gasteiger partial charge in [-0.25, -0.2) is 0 Å². The number of para-hydroxylation sites is 1. The molecule has 3 N–H and O–H groups in total. The van der Waals surface area contributed by atoms with Gasteiger partial charge in [0.1, 0.15) is 0 Å². The van der Waals surface area contributed by atoms with Gasteiger partial charge in [-0.05, 0) is 43.7 Å². The molecule has 1 aromatic carbocycles. The molecule has 1 aromatic rings. The number of aryl methyl sites for hydroxylation is 1. The van der Waals surface area contributed by atoms with Crippen LogP contribution in [0.3, 0.4) is 0 Å². The van der Waals surface area contributed by atoms with Crippen molar-refractivity contribution in [2.75, 3.05) is 38.6 Å². The maximum absolute atomic E-state index is 12.3. The van der Waals surface area contributed by atoms with Gasteiger partial charge in [-0.2, -0.15) is 0 Å². The summed E-state index contributed by atoms with van der Waals surface area (Å²) in [5.74, 6) is 0.608. The number of carbonyl (C=O) groups excluding carboxylic acids is 1. The molecule has 5 heteroatoms. The van der Waals surface area contributed by atoms with Crippen molar-refractivity contribution in [2.45, 2.75) is 45.6 Å². The molecule has 0 spiro atoms. The second-order valence-electron chi connectivity index (χ2n) is 6.99. The third kappa shape index (κ3) is 6.67. The first kappa shape index (κ1) is 19.7. The predicted molar refractivity (Wildman–Crippen MR) is 102 cm³/mol. The second-order valence-corrected chi connectivity index (χ2v) is 6.99. The van der Waals surface area contributed by atoms with Crippen LogP contribution < -0.4 is 11.1 Å². The van der Waals surface area contributed by atoms with Crippen LogP contribution in [0.15, 0.2) is 24.3 Å². The lowest BCUT2D eigenvalue weighted by atomic mass is 9.93. The number of anilines is 1. The fourth-order valence-electron chi connectivity index (χ4n) is 3.47. The molecule has 1 aliphatic heterocycles. The van der Waals surface area contributed by atoms with E-state index in [-0.39, 0.29) is 11.9 Å². The van der Waals surface area contributed by atoms with Crippen molar-refractivity contribution in [1.29, 1.82) is 0 Å². The van der Waals surface area contributed by atoms with Crippen molar-refractivity contribution < 1.29 is 9.53 Å². The molecular weight excluding hydrogens is 314 g/mol. The van der Waals surface area contributed by atoms with E-state index in [4.69, 9.17) is 10.5 Å². The molecule has 0 radical (unpaired) electrons. The number of hydrogen-bond donors (Lipinski definition) is 2. The summed E-state index contributed by atoms with van der Waals surface area (Å²) in [5, 5.41) is 3.22. The lowest BCUT2D eigenvalue weighted by Gasteiger charge is -2.37. The molecule has 1 aliphatic rings. The molecule has 1 amide bonds.